The zero-order valence-corrected chi connectivity index (χ0v) is 12.9. The van der Waals surface area contributed by atoms with Crippen molar-refractivity contribution in [3.05, 3.63) is 84.4 Å². The van der Waals surface area contributed by atoms with Crippen LogP contribution in [0.4, 0.5) is 0 Å². The molecular formula is C19H18N2O2+2. The molecule has 114 valence electrons. The second-order valence-electron chi connectivity index (χ2n) is 5.51. The van der Waals surface area contributed by atoms with E-state index in [2.05, 4.69) is 28.8 Å². The fourth-order valence-electron chi connectivity index (χ4n) is 2.41. The second kappa shape index (κ2) is 6.40. The van der Waals surface area contributed by atoms with Crippen LogP contribution in [0.5, 0.6) is 0 Å². The van der Waals surface area contributed by atoms with Crippen molar-refractivity contribution in [2.75, 3.05) is 0 Å². The highest BCUT2D eigenvalue weighted by Crippen LogP contribution is 2.15. The summed E-state index contributed by atoms with van der Waals surface area (Å²) >= 11 is 0. The molecule has 0 bridgehead atoms. The third-order valence-corrected chi connectivity index (χ3v) is 3.77. The molecule has 0 unspecified atom stereocenters. The number of rotatable bonds is 4. The van der Waals surface area contributed by atoms with Gasteiger partial charge in [0.05, 0.1) is 5.56 Å². The minimum absolute atomic E-state index is 0.311. The first-order chi connectivity index (χ1) is 11.1. The molecule has 0 radical (unpaired) electrons. The monoisotopic (exact) mass is 306 g/mol. The molecular weight excluding hydrogens is 288 g/mol. The summed E-state index contributed by atoms with van der Waals surface area (Å²) in [6.07, 6.45) is 8.13. The lowest BCUT2D eigenvalue weighted by atomic mass is 10.1. The van der Waals surface area contributed by atoms with Gasteiger partial charge in [-0.2, -0.15) is 0 Å². The Morgan fingerprint density at radius 2 is 1.39 bits per heavy atom. The van der Waals surface area contributed by atoms with Crippen molar-refractivity contribution in [2.24, 2.45) is 7.05 Å². The molecule has 0 atom stereocenters. The normalized spacial score (nSPS) is 10.5. The van der Waals surface area contributed by atoms with Crippen LogP contribution in [0.25, 0.3) is 11.1 Å². The van der Waals surface area contributed by atoms with Gasteiger partial charge in [-0.1, -0.05) is 12.1 Å². The molecule has 0 fully saturated rings. The van der Waals surface area contributed by atoms with E-state index in [0.29, 0.717) is 12.1 Å². The molecule has 0 saturated carbocycles. The number of hydrogen-bond donors (Lipinski definition) is 1. The van der Waals surface area contributed by atoms with E-state index < -0.39 is 5.97 Å². The SMILES string of the molecule is C[n+]1ccc(-c2cc[n+](Cc3ccc(C(=O)O)cc3)cc2)cc1. The van der Waals surface area contributed by atoms with Crippen molar-refractivity contribution in [1.82, 2.24) is 0 Å². The maximum absolute atomic E-state index is 10.9. The number of carboxylic acid groups (broad SMARTS) is 1. The average Bonchev–Trinajstić information content (AvgIpc) is 2.57. The third kappa shape index (κ3) is 3.61. The molecule has 3 rings (SSSR count). The number of hydrogen-bond acceptors (Lipinski definition) is 1. The van der Waals surface area contributed by atoms with Crippen LogP contribution in [-0.4, -0.2) is 11.1 Å². The van der Waals surface area contributed by atoms with Crippen LogP contribution >= 0.6 is 0 Å². The van der Waals surface area contributed by atoms with E-state index in [4.69, 9.17) is 5.11 Å². The van der Waals surface area contributed by atoms with E-state index in [1.54, 1.807) is 12.1 Å². The van der Waals surface area contributed by atoms with E-state index >= 15 is 0 Å². The van der Waals surface area contributed by atoms with Crippen molar-refractivity contribution in [3.63, 3.8) is 0 Å². The largest absolute Gasteiger partial charge is 0.478 e. The summed E-state index contributed by atoms with van der Waals surface area (Å²) in [4.78, 5) is 10.9. The Balaban J connectivity index is 1.74. The Labute approximate surface area is 134 Å². The number of aromatic carboxylic acids is 1. The van der Waals surface area contributed by atoms with Gasteiger partial charge < -0.3 is 5.11 Å². The Morgan fingerprint density at radius 3 is 1.91 bits per heavy atom. The molecule has 0 aliphatic rings. The first-order valence-corrected chi connectivity index (χ1v) is 7.39. The maximum Gasteiger partial charge on any atom is 0.335 e. The van der Waals surface area contributed by atoms with Crippen molar-refractivity contribution < 1.29 is 19.0 Å². The van der Waals surface area contributed by atoms with E-state index in [1.807, 2.05) is 48.5 Å². The van der Waals surface area contributed by atoms with Gasteiger partial charge in [-0.15, -0.1) is 0 Å². The Hall–Kier alpha value is -3.01. The molecule has 1 N–H and O–H groups in total. The highest BCUT2D eigenvalue weighted by molar-refractivity contribution is 5.87. The van der Waals surface area contributed by atoms with Crippen LogP contribution in [-0.2, 0) is 13.6 Å². The second-order valence-corrected chi connectivity index (χ2v) is 5.51. The van der Waals surface area contributed by atoms with E-state index in [9.17, 15) is 4.79 Å². The molecule has 4 heteroatoms. The van der Waals surface area contributed by atoms with Gasteiger partial charge in [0, 0.05) is 29.8 Å². The number of nitrogens with zero attached hydrogens (tertiary/aromatic N) is 2. The molecule has 0 amide bonds. The third-order valence-electron chi connectivity index (χ3n) is 3.77. The van der Waals surface area contributed by atoms with Gasteiger partial charge in [-0.05, 0) is 23.3 Å². The van der Waals surface area contributed by atoms with Gasteiger partial charge in [-0.25, -0.2) is 13.9 Å². The van der Waals surface area contributed by atoms with Crippen LogP contribution in [0.3, 0.4) is 0 Å². The zero-order chi connectivity index (χ0) is 16.2. The minimum atomic E-state index is -0.898. The summed E-state index contributed by atoms with van der Waals surface area (Å²) in [5.41, 5.74) is 3.73. The first-order valence-electron chi connectivity index (χ1n) is 7.39. The summed E-state index contributed by atoms with van der Waals surface area (Å²) in [6.45, 7) is 0.712. The van der Waals surface area contributed by atoms with Crippen molar-refractivity contribution in [3.8, 4) is 11.1 Å². The molecule has 23 heavy (non-hydrogen) atoms. The molecule has 0 aliphatic heterocycles. The van der Waals surface area contributed by atoms with Gasteiger partial charge in [0.1, 0.15) is 7.05 Å². The van der Waals surface area contributed by atoms with Crippen LogP contribution in [0.1, 0.15) is 15.9 Å². The summed E-state index contributed by atoms with van der Waals surface area (Å²) in [6, 6.07) is 15.3. The molecule has 1 aromatic carbocycles. The fourth-order valence-corrected chi connectivity index (χ4v) is 2.41. The standard InChI is InChI=1S/C19H17N2O2/c1-20-10-6-16(7-11-20)17-8-12-21(13-9-17)14-15-2-4-18(5-3-15)19(22)23/h2-13H,14H2,1H3/q+1/p+1. The fraction of sp³-hybridized carbons (Fsp3) is 0.105. The Kier molecular flexibility index (Phi) is 4.15. The van der Waals surface area contributed by atoms with Crippen LogP contribution in [0.2, 0.25) is 0 Å². The lowest BCUT2D eigenvalue weighted by molar-refractivity contribution is -0.688. The average molecular weight is 306 g/mol. The molecule has 3 aromatic rings. The van der Waals surface area contributed by atoms with Crippen LogP contribution in [0, 0.1) is 0 Å². The summed E-state index contributed by atoms with van der Waals surface area (Å²) < 4.78 is 4.08. The molecule has 2 heterocycles. The Morgan fingerprint density at radius 1 is 0.870 bits per heavy atom. The lowest BCUT2D eigenvalue weighted by Crippen LogP contribution is -2.33. The van der Waals surface area contributed by atoms with Gasteiger partial charge >= 0.3 is 5.97 Å². The number of aryl methyl sites for hydroxylation is 1. The maximum atomic E-state index is 10.9. The molecule has 0 spiro atoms. The molecule has 0 saturated heterocycles. The van der Waals surface area contributed by atoms with Gasteiger partial charge in [0.2, 0.25) is 0 Å². The van der Waals surface area contributed by atoms with E-state index in [1.165, 1.54) is 11.1 Å². The van der Waals surface area contributed by atoms with Gasteiger partial charge in [0.25, 0.3) is 0 Å². The highest BCUT2D eigenvalue weighted by atomic mass is 16.4. The summed E-state index contributed by atoms with van der Waals surface area (Å²) in [5.74, 6) is -0.898. The predicted molar refractivity (Wildman–Crippen MR) is 85.8 cm³/mol. The van der Waals surface area contributed by atoms with Crippen LogP contribution in [0.15, 0.2) is 73.3 Å². The number of pyridine rings is 2. The van der Waals surface area contributed by atoms with Gasteiger partial charge in [0.15, 0.2) is 31.3 Å². The highest BCUT2D eigenvalue weighted by Gasteiger charge is 2.07. The smallest absolute Gasteiger partial charge is 0.335 e. The quantitative estimate of drug-likeness (QED) is 0.751. The van der Waals surface area contributed by atoms with Gasteiger partial charge in [-0.3, -0.25) is 0 Å². The molecule has 4 nitrogen and oxygen atoms in total. The Bertz CT molecular complexity index is 807. The first kappa shape index (κ1) is 14.9. The van der Waals surface area contributed by atoms with Crippen LogP contribution < -0.4 is 9.13 Å². The van der Waals surface area contributed by atoms with E-state index in [0.717, 1.165) is 5.56 Å². The van der Waals surface area contributed by atoms with Crippen molar-refractivity contribution in [1.29, 1.82) is 0 Å². The number of benzene rings is 1. The summed E-state index contributed by atoms with van der Waals surface area (Å²) in [5, 5.41) is 8.91. The number of aromatic nitrogens is 2. The predicted octanol–water partition coefficient (Wildman–Crippen LogP) is 2.21. The molecule has 2 aromatic heterocycles. The number of carboxylic acids is 1. The topological polar surface area (TPSA) is 45.1 Å². The number of carbonyl (C=O) groups is 1. The minimum Gasteiger partial charge on any atom is -0.478 e. The van der Waals surface area contributed by atoms with Crippen molar-refractivity contribution in [2.45, 2.75) is 6.54 Å². The zero-order valence-electron chi connectivity index (χ0n) is 12.9. The van der Waals surface area contributed by atoms with E-state index in [-0.39, 0.29) is 0 Å². The summed E-state index contributed by atoms with van der Waals surface area (Å²) in [7, 11) is 2.00. The lowest BCUT2D eigenvalue weighted by Gasteiger charge is -2.01. The molecule has 0 aliphatic carbocycles. The van der Waals surface area contributed by atoms with Crippen molar-refractivity contribution >= 4 is 5.97 Å².